The minimum Gasteiger partial charge on any atom is -0.377 e. The molecule has 0 amide bonds. The smallest absolute Gasteiger partial charge is 0.212 e. The van der Waals surface area contributed by atoms with Crippen LogP contribution in [0.15, 0.2) is 73.2 Å². The summed E-state index contributed by atoms with van der Waals surface area (Å²) in [6.07, 6.45) is 3.23. The largest absolute Gasteiger partial charge is 0.377 e. The molecule has 3 aromatic heterocycles. The molecule has 200 valence electrons. The molecule has 3 heterocycles. The second kappa shape index (κ2) is 10.9. The fourth-order valence-electron chi connectivity index (χ4n) is 4.43. The molecule has 5 aromatic rings. The quantitative estimate of drug-likeness (QED) is 0.188. The molecule has 0 aliphatic heterocycles. The molecule has 1 saturated carbocycles. The molecule has 1 aliphatic carbocycles. The first kappa shape index (κ1) is 19.5. The summed E-state index contributed by atoms with van der Waals surface area (Å²) >= 11 is 6.71. The summed E-state index contributed by atoms with van der Waals surface area (Å²) in [4.78, 5) is 8.08. The van der Waals surface area contributed by atoms with Crippen molar-refractivity contribution in [1.29, 1.82) is 5.26 Å². The first-order valence-corrected chi connectivity index (χ1v) is 12.9. The fraction of sp³-hybridized carbons (Fsp3) is 0.233. The van der Waals surface area contributed by atoms with E-state index in [0.29, 0.717) is 5.56 Å². The van der Waals surface area contributed by atoms with Crippen molar-refractivity contribution in [3.63, 3.8) is 0 Å². The minimum atomic E-state index is -3.04. The van der Waals surface area contributed by atoms with Gasteiger partial charge in [-0.05, 0) is 48.5 Å². The number of aromatic nitrogens is 5. The van der Waals surface area contributed by atoms with E-state index in [9.17, 15) is 11.0 Å². The van der Waals surface area contributed by atoms with E-state index in [1.165, 1.54) is 24.5 Å². The van der Waals surface area contributed by atoms with E-state index in [1.807, 2.05) is 6.07 Å². The van der Waals surface area contributed by atoms with Gasteiger partial charge in [-0.25, -0.2) is 9.67 Å². The highest BCUT2D eigenvalue weighted by atomic mass is 35.5. The van der Waals surface area contributed by atoms with Crippen LogP contribution < -0.4 is 10.6 Å². The van der Waals surface area contributed by atoms with Gasteiger partial charge in [0.25, 0.3) is 0 Å². The van der Waals surface area contributed by atoms with Crippen molar-refractivity contribution in [1.82, 2.24) is 25.0 Å². The first-order chi connectivity index (χ1) is 21.8. The van der Waals surface area contributed by atoms with Gasteiger partial charge in [-0.3, -0.25) is 4.98 Å². The molecule has 2 aromatic carbocycles. The van der Waals surface area contributed by atoms with Crippen molar-refractivity contribution in [2.45, 2.75) is 44.2 Å². The Kier molecular flexibility index (Phi) is 5.32. The lowest BCUT2D eigenvalue weighted by molar-refractivity contribution is 0.581. The van der Waals surface area contributed by atoms with Gasteiger partial charge in [-0.2, -0.15) is 9.65 Å². The van der Waals surface area contributed by atoms with Crippen LogP contribution in [0.4, 0.5) is 15.8 Å². The van der Waals surface area contributed by atoms with Gasteiger partial charge in [-0.1, -0.05) is 60.1 Å². The standard InChI is InChI=1S/C30H26ClFN8/c1-2-25(18-6-4-3-5-7-18)37-28-20(14-33)16-35-30-23(28)12-21(13-24(30)31)36-29(19-8-11-27(32)34-15-19)26-17-40(39-38-26)22-9-10-22/h3-8,11-13,15-17,22,25,29,36H,2,9-10H2,1H3,(H,35,37)/t25-,29?/m0/s1/i1D3,2D2,29D. The SMILES string of the molecule is [2H]C(Nc1cc(Cl)c2ncc(C#N)c(N[C@H](c3ccccc3)C([2H])([2H])C([2H])([2H])[2H])c2c1)(c1ccc(F)nc1)c1cn(C2CC2)nn1. The Labute approximate surface area is 244 Å². The highest BCUT2D eigenvalue weighted by Gasteiger charge is 2.27. The summed E-state index contributed by atoms with van der Waals surface area (Å²) in [6.45, 7) is -3.04. The maximum Gasteiger partial charge on any atom is 0.212 e. The van der Waals surface area contributed by atoms with Crippen LogP contribution in [-0.2, 0) is 0 Å². The number of hydrogen-bond acceptors (Lipinski definition) is 7. The van der Waals surface area contributed by atoms with E-state index in [0.717, 1.165) is 18.9 Å². The van der Waals surface area contributed by atoms with Gasteiger partial charge < -0.3 is 10.6 Å². The zero-order chi connectivity index (χ0) is 32.9. The summed E-state index contributed by atoms with van der Waals surface area (Å²) in [7, 11) is 0. The van der Waals surface area contributed by atoms with E-state index in [-0.39, 0.29) is 50.2 Å². The Morgan fingerprint density at radius 2 is 2.02 bits per heavy atom. The van der Waals surface area contributed by atoms with E-state index in [4.69, 9.17) is 18.5 Å². The molecule has 2 N–H and O–H groups in total. The Morgan fingerprint density at radius 3 is 2.75 bits per heavy atom. The van der Waals surface area contributed by atoms with Crippen LogP contribution in [0.3, 0.4) is 0 Å². The lowest BCUT2D eigenvalue weighted by Crippen LogP contribution is -2.14. The summed E-state index contributed by atoms with van der Waals surface area (Å²) in [6, 6.07) is 12.8. The van der Waals surface area contributed by atoms with E-state index < -0.39 is 31.2 Å². The molecule has 0 spiro atoms. The van der Waals surface area contributed by atoms with Crippen molar-refractivity contribution >= 4 is 33.9 Å². The predicted molar refractivity (Wildman–Crippen MR) is 153 cm³/mol. The Balaban J connectivity index is 1.50. The van der Waals surface area contributed by atoms with Crippen LogP contribution >= 0.6 is 11.6 Å². The van der Waals surface area contributed by atoms with Crippen molar-refractivity contribution in [2.24, 2.45) is 0 Å². The highest BCUT2D eigenvalue weighted by molar-refractivity contribution is 6.35. The highest BCUT2D eigenvalue weighted by Crippen LogP contribution is 2.38. The summed E-state index contributed by atoms with van der Waals surface area (Å²) in [5.41, 5.74) is 1.42. The van der Waals surface area contributed by atoms with Crippen LogP contribution in [0.5, 0.6) is 0 Å². The van der Waals surface area contributed by atoms with Gasteiger partial charge in [0.05, 0.1) is 47.5 Å². The van der Waals surface area contributed by atoms with Gasteiger partial charge >= 0.3 is 0 Å². The molecule has 1 unspecified atom stereocenters. The molecule has 10 heteroatoms. The Morgan fingerprint density at radius 1 is 1.18 bits per heavy atom. The van der Waals surface area contributed by atoms with E-state index in [2.05, 4.69) is 30.9 Å². The second-order valence-electron chi connectivity index (χ2n) is 9.33. The predicted octanol–water partition coefficient (Wildman–Crippen LogP) is 6.99. The molecule has 8 nitrogen and oxygen atoms in total. The van der Waals surface area contributed by atoms with Crippen LogP contribution in [0.25, 0.3) is 10.9 Å². The minimum absolute atomic E-state index is 0.00948. The lowest BCUT2D eigenvalue weighted by Gasteiger charge is -2.22. The van der Waals surface area contributed by atoms with Crippen molar-refractivity contribution in [3.8, 4) is 6.07 Å². The van der Waals surface area contributed by atoms with Crippen molar-refractivity contribution < 1.29 is 12.6 Å². The number of nitrogens with one attached hydrogen (secondary N) is 2. The molecular formula is C30H26ClFN8. The molecule has 0 radical (unpaired) electrons. The van der Waals surface area contributed by atoms with Gasteiger partial charge in [0.2, 0.25) is 5.95 Å². The van der Waals surface area contributed by atoms with Crippen LogP contribution in [0.1, 0.15) is 74.8 Å². The average molecular weight is 559 g/mol. The van der Waals surface area contributed by atoms with Gasteiger partial charge in [0.15, 0.2) is 0 Å². The zero-order valence-electron chi connectivity index (χ0n) is 26.9. The summed E-state index contributed by atoms with van der Waals surface area (Å²) in [5, 5.41) is 25.0. The first-order valence-electron chi connectivity index (χ1n) is 15.5. The van der Waals surface area contributed by atoms with Crippen LogP contribution in [0.2, 0.25) is 5.02 Å². The monoisotopic (exact) mass is 558 g/mol. The molecule has 0 bridgehead atoms. The molecule has 1 fully saturated rings. The third-order valence-electron chi connectivity index (χ3n) is 6.58. The number of benzene rings is 2. The van der Waals surface area contributed by atoms with Gasteiger partial charge in [0, 0.05) is 30.3 Å². The molecule has 2 atom stereocenters. The van der Waals surface area contributed by atoms with Crippen LogP contribution in [0, 0.1) is 17.3 Å². The summed E-state index contributed by atoms with van der Waals surface area (Å²) < 4.78 is 66.2. The molecular weight excluding hydrogens is 527 g/mol. The second-order valence-corrected chi connectivity index (χ2v) is 9.74. The fourth-order valence-corrected chi connectivity index (χ4v) is 4.69. The number of rotatable bonds is 9. The molecule has 0 saturated heterocycles. The van der Waals surface area contributed by atoms with E-state index in [1.54, 1.807) is 47.3 Å². The Bertz CT molecular complexity index is 1940. The maximum atomic E-state index is 13.8. The van der Waals surface area contributed by atoms with E-state index >= 15 is 0 Å². The number of halogens is 2. The number of fused-ring (bicyclic) bond motifs is 1. The molecule has 6 rings (SSSR count). The topological polar surface area (TPSA) is 104 Å². The zero-order valence-corrected chi connectivity index (χ0v) is 21.7. The third kappa shape index (κ3) is 5.18. The number of nitriles is 1. The third-order valence-corrected chi connectivity index (χ3v) is 6.87. The summed E-state index contributed by atoms with van der Waals surface area (Å²) in [5.74, 6) is -0.725. The average Bonchev–Trinajstić information content (AvgIpc) is 3.75. The number of anilines is 2. The van der Waals surface area contributed by atoms with Gasteiger partial charge in [-0.15, -0.1) is 5.10 Å². The van der Waals surface area contributed by atoms with Crippen molar-refractivity contribution in [3.05, 3.63) is 107 Å². The lowest BCUT2D eigenvalue weighted by atomic mass is 10.0. The van der Waals surface area contributed by atoms with Crippen molar-refractivity contribution in [2.75, 3.05) is 10.6 Å². The maximum absolute atomic E-state index is 13.8. The normalized spacial score (nSPS) is 18.1. The number of pyridine rings is 2. The molecule has 1 aliphatic rings. The number of hydrogen-bond donors (Lipinski definition) is 2. The molecule has 40 heavy (non-hydrogen) atoms. The van der Waals surface area contributed by atoms with Gasteiger partial charge in [0.1, 0.15) is 11.8 Å². The Hall–Kier alpha value is -4.55. The number of nitrogens with zero attached hydrogens (tertiary/aromatic N) is 6. The van der Waals surface area contributed by atoms with Crippen LogP contribution in [-0.4, -0.2) is 25.0 Å².